The zero-order valence-corrected chi connectivity index (χ0v) is 10.9. The molecule has 0 aromatic carbocycles. The third kappa shape index (κ3) is 4.12. The molecule has 1 rings (SSSR count). The number of nitrogens with two attached hydrogens (primary N) is 1. The van der Waals surface area contributed by atoms with Gasteiger partial charge in [0.05, 0.1) is 6.04 Å². The lowest BCUT2D eigenvalue weighted by molar-refractivity contribution is -0.123. The van der Waals surface area contributed by atoms with Gasteiger partial charge in [0.25, 0.3) is 0 Å². The molecule has 3 N–H and O–H groups in total. The summed E-state index contributed by atoms with van der Waals surface area (Å²) in [5, 5.41) is 3.08. The predicted molar refractivity (Wildman–Crippen MR) is 67.1 cm³/mol. The van der Waals surface area contributed by atoms with E-state index in [1.165, 1.54) is 12.8 Å². The van der Waals surface area contributed by atoms with Crippen LogP contribution in [0.15, 0.2) is 0 Å². The first-order chi connectivity index (χ1) is 7.44. The maximum absolute atomic E-state index is 11.7. The minimum atomic E-state index is -0.320. The summed E-state index contributed by atoms with van der Waals surface area (Å²) in [5.41, 5.74) is 6.24. The molecule has 0 aliphatic heterocycles. The van der Waals surface area contributed by atoms with E-state index in [0.29, 0.717) is 11.5 Å². The molecular weight excluding hydrogens is 200 g/mol. The van der Waals surface area contributed by atoms with Gasteiger partial charge in [-0.3, -0.25) is 4.79 Å². The monoisotopic (exact) mass is 226 g/mol. The van der Waals surface area contributed by atoms with E-state index in [0.717, 1.165) is 25.7 Å². The number of rotatable bonds is 4. The molecule has 1 fully saturated rings. The van der Waals surface area contributed by atoms with Crippen LogP contribution < -0.4 is 11.1 Å². The van der Waals surface area contributed by atoms with Crippen molar-refractivity contribution in [2.75, 3.05) is 0 Å². The average molecular weight is 226 g/mol. The lowest BCUT2D eigenvalue weighted by Gasteiger charge is -2.35. The van der Waals surface area contributed by atoms with Crippen molar-refractivity contribution >= 4 is 5.91 Å². The third-order valence-corrected chi connectivity index (χ3v) is 3.62. The molecule has 16 heavy (non-hydrogen) atoms. The molecule has 94 valence electrons. The van der Waals surface area contributed by atoms with Crippen molar-refractivity contribution in [3.63, 3.8) is 0 Å². The Balaban J connectivity index is 2.31. The fourth-order valence-electron chi connectivity index (χ4n) is 2.29. The van der Waals surface area contributed by atoms with E-state index in [1.807, 2.05) is 0 Å². The first-order valence-corrected chi connectivity index (χ1v) is 6.50. The van der Waals surface area contributed by atoms with Gasteiger partial charge in [-0.25, -0.2) is 0 Å². The van der Waals surface area contributed by atoms with Gasteiger partial charge in [0.2, 0.25) is 5.91 Å². The second-order valence-electron chi connectivity index (χ2n) is 5.84. The van der Waals surface area contributed by atoms with E-state index >= 15 is 0 Å². The van der Waals surface area contributed by atoms with Gasteiger partial charge in [-0.15, -0.1) is 0 Å². The maximum atomic E-state index is 11.7. The first kappa shape index (κ1) is 13.5. The van der Waals surface area contributed by atoms with Crippen molar-refractivity contribution in [2.45, 2.75) is 71.4 Å². The van der Waals surface area contributed by atoms with E-state index in [4.69, 9.17) is 5.73 Å². The highest BCUT2D eigenvalue weighted by Gasteiger charge is 2.28. The van der Waals surface area contributed by atoms with E-state index < -0.39 is 0 Å². The van der Waals surface area contributed by atoms with E-state index in [-0.39, 0.29) is 11.9 Å². The van der Waals surface area contributed by atoms with Crippen LogP contribution in [0.25, 0.3) is 0 Å². The highest BCUT2D eigenvalue weighted by Crippen LogP contribution is 2.34. The lowest BCUT2D eigenvalue weighted by Crippen LogP contribution is -2.47. The van der Waals surface area contributed by atoms with Gasteiger partial charge in [-0.05, 0) is 37.5 Å². The Bertz CT molecular complexity index is 228. The molecule has 3 heteroatoms. The SMILES string of the molecule is CCCC(N)C(=O)NC1CCC(C)(C)CC1. The predicted octanol–water partition coefficient (Wildman–Crippen LogP) is 2.20. The molecule has 1 amide bonds. The topological polar surface area (TPSA) is 55.1 Å². The lowest BCUT2D eigenvalue weighted by atomic mass is 9.75. The smallest absolute Gasteiger partial charge is 0.237 e. The highest BCUT2D eigenvalue weighted by atomic mass is 16.2. The summed E-state index contributed by atoms with van der Waals surface area (Å²) in [5.74, 6) is 0.0338. The molecule has 1 atom stereocenters. The summed E-state index contributed by atoms with van der Waals surface area (Å²) >= 11 is 0. The van der Waals surface area contributed by atoms with E-state index in [9.17, 15) is 4.79 Å². The second-order valence-corrected chi connectivity index (χ2v) is 5.84. The molecule has 0 saturated heterocycles. The Kier molecular flexibility index (Phi) is 4.78. The fourth-order valence-corrected chi connectivity index (χ4v) is 2.29. The molecule has 1 unspecified atom stereocenters. The van der Waals surface area contributed by atoms with Gasteiger partial charge in [-0.2, -0.15) is 0 Å². The zero-order chi connectivity index (χ0) is 12.2. The molecule has 0 aromatic heterocycles. The van der Waals surface area contributed by atoms with Gasteiger partial charge >= 0.3 is 0 Å². The van der Waals surface area contributed by atoms with Crippen molar-refractivity contribution in [3.05, 3.63) is 0 Å². The quantitative estimate of drug-likeness (QED) is 0.772. The summed E-state index contributed by atoms with van der Waals surface area (Å²) in [6.45, 7) is 6.65. The molecule has 1 aliphatic rings. The van der Waals surface area contributed by atoms with Crippen LogP contribution >= 0.6 is 0 Å². The van der Waals surface area contributed by atoms with Crippen LogP contribution in [0.5, 0.6) is 0 Å². The average Bonchev–Trinajstić information content (AvgIpc) is 2.21. The van der Waals surface area contributed by atoms with Crippen molar-refractivity contribution in [3.8, 4) is 0 Å². The Labute approximate surface area is 99.2 Å². The van der Waals surface area contributed by atoms with Gasteiger partial charge in [0.1, 0.15) is 0 Å². The third-order valence-electron chi connectivity index (χ3n) is 3.62. The molecule has 1 aliphatic carbocycles. The molecule has 0 spiro atoms. The largest absolute Gasteiger partial charge is 0.352 e. The molecule has 0 radical (unpaired) electrons. The number of nitrogens with one attached hydrogen (secondary N) is 1. The maximum Gasteiger partial charge on any atom is 0.237 e. The summed E-state index contributed by atoms with van der Waals surface area (Å²) in [7, 11) is 0. The van der Waals surface area contributed by atoms with Crippen LogP contribution in [0, 0.1) is 5.41 Å². The number of hydrogen-bond donors (Lipinski definition) is 2. The van der Waals surface area contributed by atoms with Crippen LogP contribution in [-0.4, -0.2) is 18.0 Å². The van der Waals surface area contributed by atoms with Crippen LogP contribution in [0.2, 0.25) is 0 Å². The number of carbonyl (C=O) groups excluding carboxylic acids is 1. The number of carbonyl (C=O) groups is 1. The van der Waals surface area contributed by atoms with Crippen molar-refractivity contribution in [2.24, 2.45) is 11.1 Å². The van der Waals surface area contributed by atoms with Crippen LogP contribution in [0.4, 0.5) is 0 Å². The zero-order valence-electron chi connectivity index (χ0n) is 10.9. The summed E-state index contributed by atoms with van der Waals surface area (Å²) < 4.78 is 0. The molecule has 1 saturated carbocycles. The van der Waals surface area contributed by atoms with Crippen molar-refractivity contribution in [1.29, 1.82) is 0 Å². The Morgan fingerprint density at radius 3 is 2.50 bits per heavy atom. The van der Waals surface area contributed by atoms with Crippen molar-refractivity contribution < 1.29 is 4.79 Å². The highest BCUT2D eigenvalue weighted by molar-refractivity contribution is 5.81. The molecule has 0 bridgehead atoms. The van der Waals surface area contributed by atoms with E-state index in [2.05, 4.69) is 26.1 Å². The van der Waals surface area contributed by atoms with Crippen LogP contribution in [0.1, 0.15) is 59.3 Å². The Hall–Kier alpha value is -0.570. The van der Waals surface area contributed by atoms with Gasteiger partial charge < -0.3 is 11.1 Å². The fraction of sp³-hybridized carbons (Fsp3) is 0.923. The Morgan fingerprint density at radius 1 is 1.44 bits per heavy atom. The summed E-state index contributed by atoms with van der Waals surface area (Å²) in [6, 6.07) is 0.0309. The van der Waals surface area contributed by atoms with Crippen LogP contribution in [-0.2, 0) is 4.79 Å². The first-order valence-electron chi connectivity index (χ1n) is 6.50. The standard InChI is InChI=1S/C13H26N2O/c1-4-5-11(14)12(16)15-10-6-8-13(2,3)9-7-10/h10-11H,4-9,14H2,1-3H3,(H,15,16). The Morgan fingerprint density at radius 2 is 2.00 bits per heavy atom. The van der Waals surface area contributed by atoms with E-state index in [1.54, 1.807) is 0 Å². The normalized spacial score (nSPS) is 22.8. The molecule has 0 aromatic rings. The summed E-state index contributed by atoms with van der Waals surface area (Å²) in [4.78, 5) is 11.7. The molecule has 0 heterocycles. The second kappa shape index (κ2) is 5.67. The molecule has 3 nitrogen and oxygen atoms in total. The van der Waals surface area contributed by atoms with Gasteiger partial charge in [0, 0.05) is 6.04 Å². The summed E-state index contributed by atoms with van der Waals surface area (Å²) in [6.07, 6.45) is 6.33. The van der Waals surface area contributed by atoms with Gasteiger partial charge in [-0.1, -0.05) is 27.2 Å². The van der Waals surface area contributed by atoms with Crippen molar-refractivity contribution in [1.82, 2.24) is 5.32 Å². The molecular formula is C13H26N2O. The van der Waals surface area contributed by atoms with Crippen LogP contribution in [0.3, 0.4) is 0 Å². The van der Waals surface area contributed by atoms with Gasteiger partial charge in [0.15, 0.2) is 0 Å². The number of amides is 1. The number of hydrogen-bond acceptors (Lipinski definition) is 2. The minimum absolute atomic E-state index is 0.0338. The minimum Gasteiger partial charge on any atom is -0.352 e.